The summed E-state index contributed by atoms with van der Waals surface area (Å²) in [6, 6.07) is 6.07. The Labute approximate surface area is 136 Å². The number of anilines is 1. The maximum absolute atomic E-state index is 12.3. The zero-order valence-corrected chi connectivity index (χ0v) is 13.4. The molecule has 2 aromatic rings. The number of ether oxygens (including phenoxy) is 1. The number of rotatable bonds is 4. The molecule has 116 valence electrons. The zero-order valence-electron chi connectivity index (χ0n) is 11.8. The van der Waals surface area contributed by atoms with Gasteiger partial charge in [-0.15, -0.1) is 0 Å². The van der Waals surface area contributed by atoms with Crippen molar-refractivity contribution in [3.8, 4) is 5.75 Å². The number of carbonyl (C=O) groups excluding carboxylic acids is 1. The van der Waals surface area contributed by atoms with Crippen LogP contribution in [0.5, 0.6) is 5.75 Å². The molecule has 0 aliphatic carbocycles. The largest absolute Gasteiger partial charge is 0.495 e. The van der Waals surface area contributed by atoms with E-state index in [2.05, 4.69) is 10.4 Å². The fourth-order valence-corrected chi connectivity index (χ4v) is 2.06. The van der Waals surface area contributed by atoms with Crippen molar-refractivity contribution in [2.75, 3.05) is 12.4 Å². The number of methoxy groups -OCH3 is 1. The minimum atomic E-state index is -0.868. The molecule has 0 fully saturated rings. The molecular weight excluding hydrogens is 329 g/mol. The molecule has 8 heteroatoms. The molecule has 0 spiro atoms. The first-order chi connectivity index (χ1) is 10.5. The van der Waals surface area contributed by atoms with Crippen molar-refractivity contribution >= 4 is 34.8 Å². The Morgan fingerprint density at radius 1 is 1.36 bits per heavy atom. The third kappa shape index (κ3) is 3.23. The smallest absolute Gasteiger partial charge is 0.287 e. The first-order valence-corrected chi connectivity index (χ1v) is 7.08. The van der Waals surface area contributed by atoms with Gasteiger partial charge in [-0.1, -0.05) is 35.3 Å². The van der Waals surface area contributed by atoms with E-state index in [-0.39, 0.29) is 10.0 Å². The van der Waals surface area contributed by atoms with Crippen molar-refractivity contribution in [3.63, 3.8) is 0 Å². The van der Waals surface area contributed by atoms with Gasteiger partial charge in [-0.3, -0.25) is 9.59 Å². The van der Waals surface area contributed by atoms with Crippen LogP contribution in [0.2, 0.25) is 10.0 Å². The Kier molecular flexibility index (Phi) is 5.05. The second-order valence-electron chi connectivity index (χ2n) is 4.42. The van der Waals surface area contributed by atoms with Crippen molar-refractivity contribution in [3.05, 3.63) is 50.9 Å². The van der Waals surface area contributed by atoms with Crippen molar-refractivity contribution in [1.82, 2.24) is 9.78 Å². The van der Waals surface area contributed by atoms with Gasteiger partial charge in [0.25, 0.3) is 5.56 Å². The van der Waals surface area contributed by atoms with Gasteiger partial charge in [-0.2, -0.15) is 5.10 Å². The van der Waals surface area contributed by atoms with Crippen molar-refractivity contribution in [2.45, 2.75) is 13.0 Å². The standard InChI is InChI=1S/C14H13Cl2N3O3/c1-8(19-14(21)12(16)9(15)7-17-19)13(20)18-10-5-3-4-6-11(10)22-2/h3-8H,1-2H3,(H,18,20)/t8-/m0/s1. The lowest BCUT2D eigenvalue weighted by molar-refractivity contribution is -0.119. The highest BCUT2D eigenvalue weighted by Crippen LogP contribution is 2.24. The summed E-state index contributed by atoms with van der Waals surface area (Å²) in [5.74, 6) is 0.0787. The number of amides is 1. The number of aromatic nitrogens is 2. The lowest BCUT2D eigenvalue weighted by Gasteiger charge is -2.15. The predicted octanol–water partition coefficient (Wildman–Crippen LogP) is 2.76. The minimum Gasteiger partial charge on any atom is -0.495 e. The molecule has 0 bridgehead atoms. The van der Waals surface area contributed by atoms with Gasteiger partial charge in [0.15, 0.2) is 0 Å². The summed E-state index contributed by atoms with van der Waals surface area (Å²) in [5.41, 5.74) is -0.133. The number of hydrogen-bond acceptors (Lipinski definition) is 4. The van der Waals surface area contributed by atoms with E-state index < -0.39 is 17.5 Å². The van der Waals surface area contributed by atoms with Gasteiger partial charge < -0.3 is 10.1 Å². The van der Waals surface area contributed by atoms with Gasteiger partial charge in [0.2, 0.25) is 5.91 Å². The number of benzene rings is 1. The van der Waals surface area contributed by atoms with Crippen LogP contribution in [0.1, 0.15) is 13.0 Å². The van der Waals surface area contributed by atoms with E-state index in [1.54, 1.807) is 24.3 Å². The lowest BCUT2D eigenvalue weighted by Crippen LogP contribution is -2.33. The van der Waals surface area contributed by atoms with Crippen molar-refractivity contribution in [1.29, 1.82) is 0 Å². The molecular formula is C14H13Cl2N3O3. The van der Waals surface area contributed by atoms with Crippen LogP contribution in [-0.2, 0) is 4.79 Å². The van der Waals surface area contributed by atoms with Gasteiger partial charge >= 0.3 is 0 Å². The van der Waals surface area contributed by atoms with Crippen LogP contribution in [0.3, 0.4) is 0 Å². The normalized spacial score (nSPS) is 11.8. The first kappa shape index (κ1) is 16.3. The molecule has 6 nitrogen and oxygen atoms in total. The highest BCUT2D eigenvalue weighted by atomic mass is 35.5. The molecule has 1 aromatic heterocycles. The number of nitrogens with zero attached hydrogens (tertiary/aromatic N) is 2. The average Bonchev–Trinajstić information content (AvgIpc) is 2.52. The number of halogens is 2. The number of nitrogens with one attached hydrogen (secondary N) is 1. The summed E-state index contributed by atoms with van der Waals surface area (Å²) in [4.78, 5) is 24.3. The molecule has 1 aromatic carbocycles. The summed E-state index contributed by atoms with van der Waals surface area (Å²) in [6.07, 6.45) is 1.22. The maximum atomic E-state index is 12.3. The van der Waals surface area contributed by atoms with Crippen LogP contribution >= 0.6 is 23.2 Å². The average molecular weight is 342 g/mol. The number of carbonyl (C=O) groups is 1. The van der Waals surface area contributed by atoms with Crippen molar-refractivity contribution in [2.24, 2.45) is 0 Å². The molecule has 0 aliphatic rings. The third-order valence-electron chi connectivity index (χ3n) is 3.01. The number of para-hydroxylation sites is 2. The van der Waals surface area contributed by atoms with E-state index in [1.807, 2.05) is 0 Å². The fraction of sp³-hybridized carbons (Fsp3) is 0.214. The van der Waals surface area contributed by atoms with Gasteiger partial charge in [-0.25, -0.2) is 4.68 Å². The molecule has 0 aliphatic heterocycles. The molecule has 1 atom stereocenters. The van der Waals surface area contributed by atoms with E-state index in [1.165, 1.54) is 20.2 Å². The molecule has 0 radical (unpaired) electrons. The van der Waals surface area contributed by atoms with Crippen LogP contribution in [0.15, 0.2) is 35.3 Å². The van der Waals surface area contributed by atoms with Crippen LogP contribution in [-0.4, -0.2) is 22.8 Å². The molecule has 1 amide bonds. The quantitative estimate of drug-likeness (QED) is 0.927. The van der Waals surface area contributed by atoms with Crippen LogP contribution in [0.4, 0.5) is 5.69 Å². The fourth-order valence-electron chi connectivity index (χ4n) is 1.80. The highest BCUT2D eigenvalue weighted by Gasteiger charge is 2.20. The molecule has 0 saturated heterocycles. The van der Waals surface area contributed by atoms with Gasteiger partial charge in [-0.05, 0) is 19.1 Å². The van der Waals surface area contributed by atoms with E-state index in [0.717, 1.165) is 4.68 Å². The first-order valence-electron chi connectivity index (χ1n) is 6.32. The molecule has 0 unspecified atom stereocenters. The predicted molar refractivity (Wildman–Crippen MR) is 84.9 cm³/mol. The molecule has 2 rings (SSSR count). The summed E-state index contributed by atoms with van der Waals surface area (Å²) in [5, 5.41) is 6.39. The van der Waals surface area contributed by atoms with E-state index in [4.69, 9.17) is 27.9 Å². The minimum absolute atomic E-state index is 0.0419. The van der Waals surface area contributed by atoms with E-state index >= 15 is 0 Å². The maximum Gasteiger partial charge on any atom is 0.287 e. The van der Waals surface area contributed by atoms with Crippen LogP contribution < -0.4 is 15.6 Å². The molecule has 1 heterocycles. The monoisotopic (exact) mass is 341 g/mol. The molecule has 1 N–H and O–H groups in total. The summed E-state index contributed by atoms with van der Waals surface area (Å²) < 4.78 is 6.12. The Morgan fingerprint density at radius 2 is 2.05 bits per heavy atom. The zero-order chi connectivity index (χ0) is 16.3. The summed E-state index contributed by atoms with van der Waals surface area (Å²) in [6.45, 7) is 1.53. The highest BCUT2D eigenvalue weighted by molar-refractivity contribution is 6.41. The Hall–Kier alpha value is -2.05. The van der Waals surface area contributed by atoms with E-state index in [0.29, 0.717) is 11.4 Å². The van der Waals surface area contributed by atoms with E-state index in [9.17, 15) is 9.59 Å². The second-order valence-corrected chi connectivity index (χ2v) is 5.21. The van der Waals surface area contributed by atoms with Crippen LogP contribution in [0.25, 0.3) is 0 Å². The van der Waals surface area contributed by atoms with Gasteiger partial charge in [0.1, 0.15) is 16.8 Å². The molecule has 22 heavy (non-hydrogen) atoms. The Bertz CT molecular complexity index is 761. The van der Waals surface area contributed by atoms with Gasteiger partial charge in [0, 0.05) is 0 Å². The topological polar surface area (TPSA) is 73.2 Å². The Balaban J connectivity index is 2.27. The molecule has 0 saturated carbocycles. The van der Waals surface area contributed by atoms with Crippen molar-refractivity contribution < 1.29 is 9.53 Å². The van der Waals surface area contributed by atoms with Crippen LogP contribution in [0, 0.1) is 0 Å². The SMILES string of the molecule is COc1ccccc1NC(=O)[C@H](C)n1ncc(Cl)c(Cl)c1=O. The lowest BCUT2D eigenvalue weighted by atomic mass is 10.2. The Morgan fingerprint density at radius 3 is 2.73 bits per heavy atom. The second kappa shape index (κ2) is 6.81. The summed E-state index contributed by atoms with van der Waals surface area (Å²) in [7, 11) is 1.50. The number of hydrogen-bond donors (Lipinski definition) is 1. The third-order valence-corrected chi connectivity index (χ3v) is 3.76. The van der Waals surface area contributed by atoms with Gasteiger partial charge in [0.05, 0.1) is 24.0 Å². The summed E-state index contributed by atoms with van der Waals surface area (Å²) >= 11 is 11.5.